The Morgan fingerprint density at radius 3 is 3.00 bits per heavy atom. The van der Waals surface area contributed by atoms with E-state index in [0.29, 0.717) is 16.2 Å². The van der Waals surface area contributed by atoms with Gasteiger partial charge in [-0.15, -0.1) is 11.3 Å². The Morgan fingerprint density at radius 1 is 1.38 bits per heavy atom. The molecule has 0 aliphatic heterocycles. The molecule has 0 spiro atoms. The molecule has 21 heavy (non-hydrogen) atoms. The van der Waals surface area contributed by atoms with E-state index in [9.17, 15) is 9.59 Å². The first-order valence-corrected chi connectivity index (χ1v) is 7.21. The van der Waals surface area contributed by atoms with Gasteiger partial charge in [-0.2, -0.15) is 0 Å². The first-order valence-electron chi connectivity index (χ1n) is 6.34. The molecule has 0 bridgehead atoms. The lowest BCUT2D eigenvalue weighted by molar-refractivity contribution is 0.0467. The number of hydrogen-bond donors (Lipinski definition) is 0. The minimum absolute atomic E-state index is 0.0171. The molecule has 2 aromatic heterocycles. The summed E-state index contributed by atoms with van der Waals surface area (Å²) in [6.07, 6.45) is 1.67. The Balaban J connectivity index is 1.79. The summed E-state index contributed by atoms with van der Waals surface area (Å²) >= 11 is 1.36. The molecule has 0 saturated carbocycles. The van der Waals surface area contributed by atoms with E-state index < -0.39 is 5.97 Å². The lowest BCUT2D eigenvalue weighted by Gasteiger charge is -2.06. The minimum atomic E-state index is -0.415. The Bertz CT molecular complexity index is 866. The number of ether oxygens (including phenoxy) is 1. The number of thiazole rings is 1. The van der Waals surface area contributed by atoms with Crippen molar-refractivity contribution in [3.05, 3.63) is 69.1 Å². The van der Waals surface area contributed by atoms with E-state index in [2.05, 4.69) is 4.98 Å². The molecule has 0 aliphatic carbocycles. The largest absolute Gasteiger partial charge is 0.456 e. The van der Waals surface area contributed by atoms with Crippen LogP contribution in [0.5, 0.6) is 0 Å². The maximum Gasteiger partial charge on any atom is 0.338 e. The Hall–Kier alpha value is -2.47. The minimum Gasteiger partial charge on any atom is -0.456 e. The fourth-order valence-electron chi connectivity index (χ4n) is 1.98. The summed E-state index contributed by atoms with van der Waals surface area (Å²) in [7, 11) is 0. The molecule has 0 N–H and O–H groups in total. The molecule has 0 aliphatic rings. The first kappa shape index (κ1) is 13.5. The summed E-state index contributed by atoms with van der Waals surface area (Å²) in [4.78, 5) is 28.7. The molecule has 5 nitrogen and oxygen atoms in total. The Kier molecular flexibility index (Phi) is 3.53. The van der Waals surface area contributed by atoms with Gasteiger partial charge in [0.2, 0.25) is 0 Å². The van der Waals surface area contributed by atoms with E-state index in [0.717, 1.165) is 5.56 Å². The summed E-state index contributed by atoms with van der Waals surface area (Å²) in [6, 6.07) is 8.58. The van der Waals surface area contributed by atoms with Crippen LogP contribution in [0.2, 0.25) is 0 Å². The number of benzene rings is 1. The van der Waals surface area contributed by atoms with Crippen molar-refractivity contribution < 1.29 is 9.53 Å². The summed E-state index contributed by atoms with van der Waals surface area (Å²) in [5.41, 5.74) is 1.64. The van der Waals surface area contributed by atoms with Crippen LogP contribution < -0.4 is 5.56 Å². The molecule has 106 valence electrons. The zero-order chi connectivity index (χ0) is 14.8. The van der Waals surface area contributed by atoms with E-state index in [-0.39, 0.29) is 12.2 Å². The summed E-state index contributed by atoms with van der Waals surface area (Å²) < 4.78 is 6.69. The van der Waals surface area contributed by atoms with Gasteiger partial charge in [0.25, 0.3) is 5.56 Å². The Morgan fingerprint density at radius 2 is 2.19 bits per heavy atom. The van der Waals surface area contributed by atoms with Crippen LogP contribution in [-0.2, 0) is 11.3 Å². The van der Waals surface area contributed by atoms with E-state index in [4.69, 9.17) is 4.74 Å². The van der Waals surface area contributed by atoms with Crippen LogP contribution in [0.25, 0.3) is 4.96 Å². The van der Waals surface area contributed by atoms with Gasteiger partial charge in [0.1, 0.15) is 6.61 Å². The van der Waals surface area contributed by atoms with Crippen molar-refractivity contribution in [3.63, 3.8) is 0 Å². The first-order chi connectivity index (χ1) is 10.1. The van der Waals surface area contributed by atoms with E-state index in [1.807, 2.05) is 19.1 Å². The van der Waals surface area contributed by atoms with Crippen molar-refractivity contribution >= 4 is 22.3 Å². The lowest BCUT2D eigenvalue weighted by atomic mass is 10.1. The van der Waals surface area contributed by atoms with E-state index in [1.54, 1.807) is 23.7 Å². The van der Waals surface area contributed by atoms with Crippen LogP contribution in [0.15, 0.2) is 46.7 Å². The molecular weight excluding hydrogens is 288 g/mol. The highest BCUT2D eigenvalue weighted by molar-refractivity contribution is 7.15. The molecular formula is C15H12N2O3S. The number of fused-ring (bicyclic) bond motifs is 1. The maximum absolute atomic E-state index is 12.0. The molecule has 0 saturated heterocycles. The van der Waals surface area contributed by atoms with Crippen molar-refractivity contribution in [2.45, 2.75) is 13.5 Å². The normalized spacial score (nSPS) is 10.7. The van der Waals surface area contributed by atoms with E-state index in [1.165, 1.54) is 21.8 Å². The Labute approximate surface area is 124 Å². The number of aromatic nitrogens is 2. The van der Waals surface area contributed by atoms with Gasteiger partial charge >= 0.3 is 5.97 Å². The molecule has 3 rings (SSSR count). The third kappa shape index (κ3) is 2.71. The van der Waals surface area contributed by atoms with Gasteiger partial charge in [-0.1, -0.05) is 18.2 Å². The molecule has 0 atom stereocenters. The highest BCUT2D eigenvalue weighted by atomic mass is 32.1. The second-order valence-electron chi connectivity index (χ2n) is 4.53. The van der Waals surface area contributed by atoms with Crippen LogP contribution >= 0.6 is 11.3 Å². The molecule has 0 radical (unpaired) electrons. The monoisotopic (exact) mass is 300 g/mol. The molecule has 3 aromatic rings. The van der Waals surface area contributed by atoms with Crippen molar-refractivity contribution in [3.8, 4) is 0 Å². The topological polar surface area (TPSA) is 60.7 Å². The number of hydrogen-bond acceptors (Lipinski definition) is 5. The fourth-order valence-corrected chi connectivity index (χ4v) is 2.72. The van der Waals surface area contributed by atoms with Gasteiger partial charge in [-0.05, 0) is 18.6 Å². The molecule has 0 amide bonds. The van der Waals surface area contributed by atoms with Crippen LogP contribution in [0.1, 0.15) is 21.6 Å². The third-order valence-corrected chi connectivity index (χ3v) is 3.83. The van der Waals surface area contributed by atoms with Crippen LogP contribution in [0, 0.1) is 6.92 Å². The fraction of sp³-hybridized carbons (Fsp3) is 0.133. The van der Waals surface area contributed by atoms with Gasteiger partial charge in [0.15, 0.2) is 4.96 Å². The quantitative estimate of drug-likeness (QED) is 0.697. The standard InChI is InChI=1S/C15H12N2O3S/c1-10-4-2-3-5-12(10)14(19)20-9-11-8-13(18)17-6-7-21-15(17)16-11/h2-8H,9H2,1H3. The summed E-state index contributed by atoms with van der Waals surface area (Å²) in [5.74, 6) is -0.415. The second-order valence-corrected chi connectivity index (χ2v) is 5.41. The molecule has 6 heteroatoms. The van der Waals surface area contributed by atoms with Gasteiger partial charge in [0, 0.05) is 17.6 Å². The van der Waals surface area contributed by atoms with Crippen LogP contribution in [0.4, 0.5) is 0 Å². The van der Waals surface area contributed by atoms with Crippen molar-refractivity contribution in [1.29, 1.82) is 0 Å². The van der Waals surface area contributed by atoms with Gasteiger partial charge in [-0.25, -0.2) is 9.78 Å². The lowest BCUT2D eigenvalue weighted by Crippen LogP contribution is -2.15. The van der Waals surface area contributed by atoms with Crippen molar-refractivity contribution in [2.75, 3.05) is 0 Å². The molecule has 2 heterocycles. The highest BCUT2D eigenvalue weighted by Gasteiger charge is 2.11. The number of nitrogens with zero attached hydrogens (tertiary/aromatic N) is 2. The predicted octanol–water partition coefficient (Wildman–Crippen LogP) is 2.42. The number of aryl methyl sites for hydroxylation is 1. The number of carbonyl (C=O) groups is 1. The zero-order valence-electron chi connectivity index (χ0n) is 11.3. The zero-order valence-corrected chi connectivity index (χ0v) is 12.1. The molecule has 0 unspecified atom stereocenters. The number of rotatable bonds is 3. The molecule has 1 aromatic carbocycles. The predicted molar refractivity (Wildman–Crippen MR) is 79.6 cm³/mol. The SMILES string of the molecule is Cc1ccccc1C(=O)OCc1cc(=O)n2ccsc2n1. The van der Waals surface area contributed by atoms with Gasteiger partial charge in [-0.3, -0.25) is 9.20 Å². The van der Waals surface area contributed by atoms with Gasteiger partial charge < -0.3 is 4.74 Å². The van der Waals surface area contributed by atoms with Crippen molar-refractivity contribution in [2.24, 2.45) is 0 Å². The average molecular weight is 300 g/mol. The molecule has 0 fully saturated rings. The van der Waals surface area contributed by atoms with Crippen LogP contribution in [0.3, 0.4) is 0 Å². The maximum atomic E-state index is 12.0. The highest BCUT2D eigenvalue weighted by Crippen LogP contribution is 2.11. The smallest absolute Gasteiger partial charge is 0.338 e. The van der Waals surface area contributed by atoms with Crippen LogP contribution in [-0.4, -0.2) is 15.4 Å². The van der Waals surface area contributed by atoms with E-state index >= 15 is 0 Å². The second kappa shape index (κ2) is 5.49. The third-order valence-electron chi connectivity index (χ3n) is 3.07. The number of esters is 1. The average Bonchev–Trinajstić information content (AvgIpc) is 2.94. The van der Waals surface area contributed by atoms with Gasteiger partial charge in [0.05, 0.1) is 11.3 Å². The number of carbonyl (C=O) groups excluding carboxylic acids is 1. The summed E-state index contributed by atoms with van der Waals surface area (Å²) in [6.45, 7) is 1.83. The summed E-state index contributed by atoms with van der Waals surface area (Å²) in [5, 5.41) is 1.78. The van der Waals surface area contributed by atoms with Crippen molar-refractivity contribution in [1.82, 2.24) is 9.38 Å².